The molecular formula is C20H17ClN2O4S2. The molecule has 2 amide bonds. The zero-order chi connectivity index (χ0) is 21.0. The standard InChI is InChI=1S/C20H17ClN2O4S2/c1-3-27-15-9-8-12(10-16(15)26-2)11-17-19(25)23(20(28)29-17)22-18(24)13-6-4-5-7-14(13)21/h4-11H,3H2,1-2H3,(H,22,24). The molecule has 29 heavy (non-hydrogen) atoms. The highest BCUT2D eigenvalue weighted by Gasteiger charge is 2.34. The number of nitrogens with one attached hydrogen (secondary N) is 1. The fourth-order valence-electron chi connectivity index (χ4n) is 2.57. The van der Waals surface area contributed by atoms with Gasteiger partial charge in [-0.25, -0.2) is 0 Å². The number of hydrogen-bond acceptors (Lipinski definition) is 6. The minimum atomic E-state index is -0.518. The molecule has 2 aromatic carbocycles. The Hall–Kier alpha value is -2.55. The lowest BCUT2D eigenvalue weighted by Crippen LogP contribution is -2.44. The molecule has 0 saturated carbocycles. The largest absolute Gasteiger partial charge is 0.493 e. The maximum Gasteiger partial charge on any atom is 0.285 e. The van der Waals surface area contributed by atoms with Gasteiger partial charge in [0.15, 0.2) is 15.8 Å². The van der Waals surface area contributed by atoms with E-state index < -0.39 is 11.8 Å². The van der Waals surface area contributed by atoms with E-state index >= 15 is 0 Å². The predicted octanol–water partition coefficient (Wildman–Crippen LogP) is 4.29. The molecule has 3 rings (SSSR count). The van der Waals surface area contributed by atoms with Crippen molar-refractivity contribution in [1.29, 1.82) is 0 Å². The van der Waals surface area contributed by atoms with Gasteiger partial charge in [-0.1, -0.05) is 41.6 Å². The van der Waals surface area contributed by atoms with Gasteiger partial charge in [0.1, 0.15) is 0 Å². The van der Waals surface area contributed by atoms with Crippen LogP contribution >= 0.6 is 35.6 Å². The summed E-state index contributed by atoms with van der Waals surface area (Å²) in [5.74, 6) is 0.235. The van der Waals surface area contributed by atoms with Gasteiger partial charge in [0, 0.05) is 0 Å². The number of hydrogen-bond donors (Lipinski definition) is 1. The van der Waals surface area contributed by atoms with E-state index in [0.717, 1.165) is 22.3 Å². The Morgan fingerprint density at radius 1 is 1.28 bits per heavy atom. The predicted molar refractivity (Wildman–Crippen MR) is 118 cm³/mol. The minimum absolute atomic E-state index is 0.222. The van der Waals surface area contributed by atoms with E-state index in [1.165, 1.54) is 0 Å². The first-order valence-electron chi connectivity index (χ1n) is 8.59. The lowest BCUT2D eigenvalue weighted by Gasteiger charge is -2.16. The average Bonchev–Trinajstić information content (AvgIpc) is 2.97. The van der Waals surface area contributed by atoms with Crippen molar-refractivity contribution in [3.05, 3.63) is 63.5 Å². The van der Waals surface area contributed by atoms with E-state index in [1.54, 1.807) is 49.6 Å². The Balaban J connectivity index is 1.80. The molecule has 1 saturated heterocycles. The normalized spacial score (nSPS) is 15.0. The number of amides is 2. The van der Waals surface area contributed by atoms with E-state index in [-0.39, 0.29) is 14.9 Å². The highest BCUT2D eigenvalue weighted by atomic mass is 35.5. The maximum absolute atomic E-state index is 12.7. The third-order valence-electron chi connectivity index (χ3n) is 3.91. The summed E-state index contributed by atoms with van der Waals surface area (Å²) in [5.41, 5.74) is 3.50. The van der Waals surface area contributed by atoms with Crippen LogP contribution in [0.1, 0.15) is 22.8 Å². The third-order valence-corrected chi connectivity index (χ3v) is 5.54. The summed E-state index contributed by atoms with van der Waals surface area (Å²) in [7, 11) is 1.55. The number of ether oxygens (including phenoxy) is 2. The molecule has 0 radical (unpaired) electrons. The van der Waals surface area contributed by atoms with Gasteiger partial charge < -0.3 is 9.47 Å². The van der Waals surface area contributed by atoms with Crippen molar-refractivity contribution in [2.24, 2.45) is 0 Å². The molecule has 0 bridgehead atoms. The van der Waals surface area contributed by atoms with E-state index in [4.69, 9.17) is 33.3 Å². The zero-order valence-electron chi connectivity index (χ0n) is 15.6. The number of carbonyl (C=O) groups is 2. The van der Waals surface area contributed by atoms with Crippen molar-refractivity contribution in [2.45, 2.75) is 6.92 Å². The second-order valence-corrected chi connectivity index (χ2v) is 7.86. The van der Waals surface area contributed by atoms with Gasteiger partial charge in [-0.15, -0.1) is 0 Å². The number of carbonyl (C=O) groups excluding carboxylic acids is 2. The molecular weight excluding hydrogens is 432 g/mol. The van der Waals surface area contributed by atoms with Gasteiger partial charge in [-0.3, -0.25) is 15.0 Å². The maximum atomic E-state index is 12.7. The number of halogens is 1. The number of nitrogens with zero attached hydrogens (tertiary/aromatic N) is 1. The van der Waals surface area contributed by atoms with Crippen LogP contribution in [0, 0.1) is 0 Å². The van der Waals surface area contributed by atoms with Crippen molar-refractivity contribution in [1.82, 2.24) is 10.4 Å². The summed E-state index contributed by atoms with van der Waals surface area (Å²) in [4.78, 5) is 25.6. The summed E-state index contributed by atoms with van der Waals surface area (Å²) >= 11 is 12.4. The molecule has 1 fully saturated rings. The monoisotopic (exact) mass is 448 g/mol. The van der Waals surface area contributed by atoms with Crippen LogP contribution in [-0.2, 0) is 4.79 Å². The molecule has 1 N–H and O–H groups in total. The van der Waals surface area contributed by atoms with Crippen LogP contribution in [0.2, 0.25) is 5.02 Å². The lowest BCUT2D eigenvalue weighted by molar-refractivity contribution is -0.123. The second-order valence-electron chi connectivity index (χ2n) is 5.78. The van der Waals surface area contributed by atoms with Crippen molar-refractivity contribution in [3.63, 3.8) is 0 Å². The fourth-order valence-corrected chi connectivity index (χ4v) is 3.97. The number of thiocarbonyl (C=S) groups is 1. The first kappa shape index (κ1) is 21.2. The lowest BCUT2D eigenvalue weighted by atomic mass is 10.2. The van der Waals surface area contributed by atoms with Crippen LogP contribution in [0.25, 0.3) is 6.08 Å². The highest BCUT2D eigenvalue weighted by molar-refractivity contribution is 8.26. The van der Waals surface area contributed by atoms with Crippen molar-refractivity contribution in [2.75, 3.05) is 13.7 Å². The molecule has 1 aliphatic rings. The molecule has 1 heterocycles. The number of hydrazine groups is 1. The van der Waals surface area contributed by atoms with Gasteiger partial charge in [-0.2, -0.15) is 5.01 Å². The molecule has 150 valence electrons. The molecule has 0 aromatic heterocycles. The van der Waals surface area contributed by atoms with E-state index in [1.807, 2.05) is 13.0 Å². The first-order valence-corrected chi connectivity index (χ1v) is 10.2. The van der Waals surface area contributed by atoms with Crippen LogP contribution in [0.3, 0.4) is 0 Å². The summed E-state index contributed by atoms with van der Waals surface area (Å²) in [6, 6.07) is 11.9. The number of methoxy groups -OCH3 is 1. The quantitative estimate of drug-likeness (QED) is 0.525. The Morgan fingerprint density at radius 3 is 2.72 bits per heavy atom. The van der Waals surface area contributed by atoms with Gasteiger partial charge in [0.05, 0.1) is 29.2 Å². The van der Waals surface area contributed by atoms with Crippen LogP contribution in [0.5, 0.6) is 11.5 Å². The highest BCUT2D eigenvalue weighted by Crippen LogP contribution is 2.34. The minimum Gasteiger partial charge on any atom is -0.493 e. The summed E-state index contributed by atoms with van der Waals surface area (Å²) in [5, 5.41) is 1.33. The Bertz CT molecular complexity index is 1010. The first-order chi connectivity index (χ1) is 13.9. The molecule has 0 aliphatic carbocycles. The molecule has 1 aliphatic heterocycles. The van der Waals surface area contributed by atoms with Gasteiger partial charge in [0.2, 0.25) is 0 Å². The smallest absolute Gasteiger partial charge is 0.285 e. The second kappa shape index (κ2) is 9.30. The van der Waals surface area contributed by atoms with E-state index in [2.05, 4.69) is 5.43 Å². The number of rotatable bonds is 6. The van der Waals surface area contributed by atoms with Crippen molar-refractivity contribution < 1.29 is 19.1 Å². The van der Waals surface area contributed by atoms with Crippen LogP contribution in [0.15, 0.2) is 47.4 Å². The Morgan fingerprint density at radius 2 is 2.03 bits per heavy atom. The summed E-state index contributed by atoms with van der Waals surface area (Å²) in [6.07, 6.45) is 1.68. The zero-order valence-corrected chi connectivity index (χ0v) is 18.0. The third kappa shape index (κ3) is 4.72. The van der Waals surface area contributed by atoms with E-state index in [9.17, 15) is 9.59 Å². The number of benzene rings is 2. The Labute approximate surface area is 182 Å². The SMILES string of the molecule is CCOc1ccc(C=C2SC(=S)N(NC(=O)c3ccccc3Cl)C2=O)cc1OC. The molecule has 0 spiro atoms. The fraction of sp³-hybridized carbons (Fsp3) is 0.150. The molecule has 9 heteroatoms. The van der Waals surface area contributed by atoms with E-state index in [0.29, 0.717) is 23.0 Å². The topological polar surface area (TPSA) is 67.9 Å². The summed E-state index contributed by atoms with van der Waals surface area (Å²) < 4.78 is 11.1. The van der Waals surface area contributed by atoms with Gasteiger partial charge >= 0.3 is 0 Å². The Kier molecular flexibility index (Phi) is 6.79. The van der Waals surface area contributed by atoms with Crippen molar-refractivity contribution in [3.8, 4) is 11.5 Å². The molecule has 0 unspecified atom stereocenters. The molecule has 6 nitrogen and oxygen atoms in total. The van der Waals surface area contributed by atoms with Crippen LogP contribution < -0.4 is 14.9 Å². The molecule has 2 aromatic rings. The van der Waals surface area contributed by atoms with Crippen molar-refractivity contribution >= 4 is 57.8 Å². The van der Waals surface area contributed by atoms with Crippen LogP contribution in [0.4, 0.5) is 0 Å². The molecule has 0 atom stereocenters. The van der Waals surface area contributed by atoms with Gasteiger partial charge in [0.25, 0.3) is 11.8 Å². The van der Waals surface area contributed by atoms with Crippen LogP contribution in [-0.4, -0.2) is 34.9 Å². The number of thioether (sulfide) groups is 1. The summed E-state index contributed by atoms with van der Waals surface area (Å²) in [6.45, 7) is 2.40. The van der Waals surface area contributed by atoms with Gasteiger partial charge in [-0.05, 0) is 55.0 Å². The average molecular weight is 449 g/mol.